The van der Waals surface area contributed by atoms with E-state index in [2.05, 4.69) is 20.6 Å². The van der Waals surface area contributed by atoms with Crippen molar-refractivity contribution in [2.24, 2.45) is 0 Å². The maximum absolute atomic E-state index is 12.3. The fraction of sp³-hybridized carbons (Fsp3) is 0.200. The minimum absolute atomic E-state index is 0.0841. The average Bonchev–Trinajstić information content (AvgIpc) is 3.30. The van der Waals surface area contributed by atoms with Crippen molar-refractivity contribution in [2.45, 2.75) is 12.8 Å². The van der Waals surface area contributed by atoms with E-state index < -0.39 is 5.91 Å². The molecule has 0 aliphatic carbocycles. The summed E-state index contributed by atoms with van der Waals surface area (Å²) in [5.41, 5.74) is 2.57. The number of H-pyrrole nitrogens is 2. The fourth-order valence-electron chi connectivity index (χ4n) is 3.29. The molecule has 3 aromatic rings. The number of imidazole rings is 1. The van der Waals surface area contributed by atoms with E-state index in [1.54, 1.807) is 47.4 Å². The van der Waals surface area contributed by atoms with Gasteiger partial charge in [-0.15, -0.1) is 0 Å². The highest BCUT2D eigenvalue weighted by Gasteiger charge is 2.21. The van der Waals surface area contributed by atoms with E-state index in [0.717, 1.165) is 12.1 Å². The van der Waals surface area contributed by atoms with Crippen LogP contribution in [-0.4, -0.2) is 40.8 Å². The van der Waals surface area contributed by atoms with Gasteiger partial charge in [-0.3, -0.25) is 14.4 Å². The lowest BCUT2D eigenvalue weighted by Gasteiger charge is -2.15. The summed E-state index contributed by atoms with van der Waals surface area (Å²) >= 11 is 0. The summed E-state index contributed by atoms with van der Waals surface area (Å²) in [6, 6.07) is 11.7. The Morgan fingerprint density at radius 3 is 2.48 bits per heavy atom. The number of amides is 3. The molecule has 1 aliphatic heterocycles. The van der Waals surface area contributed by atoms with Gasteiger partial charge in [0.1, 0.15) is 0 Å². The topological polar surface area (TPSA) is 127 Å². The van der Waals surface area contributed by atoms with Gasteiger partial charge in [0.25, 0.3) is 5.91 Å². The van der Waals surface area contributed by atoms with Crippen LogP contribution < -0.4 is 21.2 Å². The predicted octanol–water partition coefficient (Wildman–Crippen LogP) is 1.35. The first kappa shape index (κ1) is 18.5. The van der Waals surface area contributed by atoms with Crippen molar-refractivity contribution in [3.63, 3.8) is 0 Å². The number of fused-ring (bicyclic) bond motifs is 1. The summed E-state index contributed by atoms with van der Waals surface area (Å²) in [7, 11) is 0. The second-order valence-corrected chi connectivity index (χ2v) is 6.77. The Bertz CT molecular complexity index is 1150. The summed E-state index contributed by atoms with van der Waals surface area (Å²) in [5, 5.41) is 5.23. The molecule has 0 unspecified atom stereocenters. The summed E-state index contributed by atoms with van der Waals surface area (Å²) in [5.74, 6) is -0.694. The zero-order chi connectivity index (χ0) is 20.4. The van der Waals surface area contributed by atoms with E-state index in [1.165, 1.54) is 0 Å². The van der Waals surface area contributed by atoms with E-state index in [0.29, 0.717) is 35.2 Å². The molecule has 3 amide bonds. The molecule has 2 heterocycles. The summed E-state index contributed by atoms with van der Waals surface area (Å²) in [6.07, 6.45) is 1.38. The SMILES string of the molecule is O=C(CNC(=O)c1ccc(N2CCCC2=O)cc1)Nc1ccc2[nH]c(=O)[nH]c2c1. The number of benzene rings is 2. The lowest BCUT2D eigenvalue weighted by atomic mass is 10.2. The highest BCUT2D eigenvalue weighted by molar-refractivity contribution is 6.00. The van der Waals surface area contributed by atoms with Gasteiger partial charge in [0.15, 0.2) is 0 Å². The van der Waals surface area contributed by atoms with Crippen molar-refractivity contribution in [3.05, 3.63) is 58.5 Å². The van der Waals surface area contributed by atoms with Crippen LogP contribution in [0.5, 0.6) is 0 Å². The second-order valence-electron chi connectivity index (χ2n) is 6.77. The predicted molar refractivity (Wildman–Crippen MR) is 108 cm³/mol. The number of nitrogens with one attached hydrogen (secondary N) is 4. The van der Waals surface area contributed by atoms with Crippen LogP contribution in [0.15, 0.2) is 47.3 Å². The van der Waals surface area contributed by atoms with E-state index in [4.69, 9.17) is 0 Å². The van der Waals surface area contributed by atoms with Crippen LogP contribution in [0.25, 0.3) is 11.0 Å². The number of anilines is 2. The summed E-state index contributed by atoms with van der Waals surface area (Å²) in [4.78, 5) is 54.4. The molecule has 1 aromatic heterocycles. The maximum Gasteiger partial charge on any atom is 0.323 e. The highest BCUT2D eigenvalue weighted by Crippen LogP contribution is 2.21. The van der Waals surface area contributed by atoms with Crippen LogP contribution in [0, 0.1) is 0 Å². The lowest BCUT2D eigenvalue weighted by Crippen LogP contribution is -2.32. The maximum atomic E-state index is 12.3. The number of rotatable bonds is 5. The number of carbonyl (C=O) groups is 3. The van der Waals surface area contributed by atoms with E-state index in [9.17, 15) is 19.2 Å². The van der Waals surface area contributed by atoms with Gasteiger partial charge in [0.2, 0.25) is 11.8 Å². The molecule has 1 saturated heterocycles. The first-order valence-corrected chi connectivity index (χ1v) is 9.20. The molecule has 2 aromatic carbocycles. The molecule has 0 bridgehead atoms. The number of aromatic nitrogens is 2. The summed E-state index contributed by atoms with van der Waals surface area (Å²) in [6.45, 7) is 0.486. The molecule has 1 fully saturated rings. The third kappa shape index (κ3) is 4.03. The van der Waals surface area contributed by atoms with Crippen LogP contribution in [0.3, 0.4) is 0 Å². The van der Waals surface area contributed by atoms with Gasteiger partial charge in [-0.05, 0) is 48.9 Å². The minimum atomic E-state index is -0.394. The Morgan fingerprint density at radius 2 is 1.76 bits per heavy atom. The number of carbonyl (C=O) groups excluding carboxylic acids is 3. The van der Waals surface area contributed by atoms with E-state index in [-0.39, 0.29) is 24.0 Å². The van der Waals surface area contributed by atoms with Crippen molar-refractivity contribution in [3.8, 4) is 0 Å². The van der Waals surface area contributed by atoms with Crippen molar-refractivity contribution < 1.29 is 14.4 Å². The van der Waals surface area contributed by atoms with Gasteiger partial charge >= 0.3 is 5.69 Å². The molecule has 4 rings (SSSR count). The van der Waals surface area contributed by atoms with Crippen LogP contribution in [0.4, 0.5) is 11.4 Å². The van der Waals surface area contributed by atoms with Crippen LogP contribution >= 0.6 is 0 Å². The van der Waals surface area contributed by atoms with Crippen LogP contribution in [-0.2, 0) is 9.59 Å². The molecular formula is C20H19N5O4. The molecule has 148 valence electrons. The monoisotopic (exact) mass is 393 g/mol. The molecule has 9 nitrogen and oxygen atoms in total. The standard InChI is InChI=1S/C20H19N5O4/c26-17(22-13-5-8-15-16(10-13)24-20(29)23-15)11-21-19(28)12-3-6-14(7-4-12)25-9-1-2-18(25)27/h3-8,10H,1-2,9,11H2,(H,21,28)(H,22,26)(H2,23,24,29). The number of aromatic amines is 2. The number of nitrogens with zero attached hydrogens (tertiary/aromatic N) is 1. The van der Waals surface area contributed by atoms with Crippen molar-refractivity contribution in [2.75, 3.05) is 23.3 Å². The third-order valence-electron chi connectivity index (χ3n) is 4.72. The zero-order valence-corrected chi connectivity index (χ0v) is 15.5. The first-order valence-electron chi connectivity index (χ1n) is 9.20. The Morgan fingerprint density at radius 1 is 1.00 bits per heavy atom. The minimum Gasteiger partial charge on any atom is -0.343 e. The Kier molecular flexibility index (Phi) is 4.86. The molecule has 9 heteroatoms. The van der Waals surface area contributed by atoms with Crippen molar-refractivity contribution in [1.29, 1.82) is 0 Å². The highest BCUT2D eigenvalue weighted by atomic mass is 16.2. The van der Waals surface area contributed by atoms with Crippen molar-refractivity contribution in [1.82, 2.24) is 15.3 Å². The molecular weight excluding hydrogens is 374 g/mol. The number of hydrogen-bond donors (Lipinski definition) is 4. The molecule has 0 atom stereocenters. The van der Waals surface area contributed by atoms with Crippen molar-refractivity contribution >= 4 is 40.1 Å². The molecule has 29 heavy (non-hydrogen) atoms. The van der Waals surface area contributed by atoms with E-state index >= 15 is 0 Å². The quantitative estimate of drug-likeness (QED) is 0.522. The smallest absolute Gasteiger partial charge is 0.323 e. The van der Waals surface area contributed by atoms with Gasteiger partial charge in [-0.2, -0.15) is 0 Å². The number of hydrogen-bond acceptors (Lipinski definition) is 4. The van der Waals surface area contributed by atoms with Crippen LogP contribution in [0.1, 0.15) is 23.2 Å². The molecule has 1 aliphatic rings. The third-order valence-corrected chi connectivity index (χ3v) is 4.72. The van der Waals surface area contributed by atoms with Gasteiger partial charge in [-0.1, -0.05) is 0 Å². The van der Waals surface area contributed by atoms with Gasteiger partial charge in [-0.25, -0.2) is 4.79 Å². The first-order chi connectivity index (χ1) is 14.0. The average molecular weight is 393 g/mol. The summed E-state index contributed by atoms with van der Waals surface area (Å²) < 4.78 is 0. The Labute approximate surface area is 165 Å². The Hall–Kier alpha value is -3.88. The normalized spacial score (nSPS) is 13.7. The zero-order valence-electron chi connectivity index (χ0n) is 15.5. The van der Waals surface area contributed by atoms with E-state index in [1.807, 2.05) is 0 Å². The molecule has 4 N–H and O–H groups in total. The van der Waals surface area contributed by atoms with Gasteiger partial charge in [0, 0.05) is 29.9 Å². The largest absolute Gasteiger partial charge is 0.343 e. The molecule has 0 saturated carbocycles. The lowest BCUT2D eigenvalue weighted by molar-refractivity contribution is -0.117. The second kappa shape index (κ2) is 7.63. The van der Waals surface area contributed by atoms with Crippen LogP contribution in [0.2, 0.25) is 0 Å². The Balaban J connectivity index is 1.32. The molecule has 0 radical (unpaired) electrons. The van der Waals surface area contributed by atoms with Gasteiger partial charge in [0.05, 0.1) is 17.6 Å². The fourth-order valence-corrected chi connectivity index (χ4v) is 3.29. The van der Waals surface area contributed by atoms with Gasteiger partial charge < -0.3 is 25.5 Å². The molecule has 0 spiro atoms.